The first-order chi connectivity index (χ1) is 9.11. The number of nitrogens with zero attached hydrogens (tertiary/aromatic N) is 1. The van der Waals surface area contributed by atoms with E-state index in [4.69, 9.17) is 0 Å². The average Bonchev–Trinajstić information content (AvgIpc) is 2.40. The zero-order valence-corrected chi connectivity index (χ0v) is 12.4. The molecule has 1 heterocycles. The van der Waals surface area contributed by atoms with E-state index in [0.29, 0.717) is 6.04 Å². The van der Waals surface area contributed by atoms with Crippen molar-refractivity contribution in [1.29, 1.82) is 0 Å². The Labute approximate surface area is 117 Å². The van der Waals surface area contributed by atoms with E-state index in [-0.39, 0.29) is 5.54 Å². The summed E-state index contributed by atoms with van der Waals surface area (Å²) in [5, 5.41) is 3.67. The van der Waals surface area contributed by atoms with Gasteiger partial charge in [-0.1, -0.05) is 42.5 Å². The van der Waals surface area contributed by atoms with E-state index in [0.717, 1.165) is 26.1 Å². The quantitative estimate of drug-likeness (QED) is 0.836. The number of benzene rings is 1. The first-order valence-corrected chi connectivity index (χ1v) is 7.25. The Balaban J connectivity index is 2.04. The van der Waals surface area contributed by atoms with E-state index in [1.807, 2.05) is 0 Å². The highest BCUT2D eigenvalue weighted by Gasteiger charge is 2.31. The Bertz CT molecular complexity index is 409. The highest BCUT2D eigenvalue weighted by Crippen LogP contribution is 2.18. The fraction of sp³-hybridized carbons (Fsp3) is 0.529. The van der Waals surface area contributed by atoms with Gasteiger partial charge >= 0.3 is 0 Å². The molecule has 1 aromatic carbocycles. The van der Waals surface area contributed by atoms with Crippen LogP contribution >= 0.6 is 0 Å². The lowest BCUT2D eigenvalue weighted by molar-refractivity contribution is 0.107. The van der Waals surface area contributed by atoms with E-state index in [1.165, 1.54) is 5.56 Å². The second-order valence-electron chi connectivity index (χ2n) is 6.11. The minimum atomic E-state index is 0.217. The molecule has 2 rings (SSSR count). The number of hydrogen-bond acceptors (Lipinski definition) is 2. The van der Waals surface area contributed by atoms with Gasteiger partial charge in [-0.2, -0.15) is 0 Å². The van der Waals surface area contributed by atoms with Gasteiger partial charge in [0.15, 0.2) is 0 Å². The van der Waals surface area contributed by atoms with Crippen molar-refractivity contribution >= 4 is 0 Å². The largest absolute Gasteiger partial charge is 0.309 e. The van der Waals surface area contributed by atoms with Crippen LogP contribution in [-0.4, -0.2) is 36.1 Å². The standard InChI is InChI=1S/C17H26N2/c1-4-5-11-19-14-17(2,3)18-13-16(19)12-15-9-7-6-8-10-15/h4-10,16,18H,11-14H2,1-3H3/b5-4+. The number of rotatable bonds is 4. The van der Waals surface area contributed by atoms with Crippen molar-refractivity contribution in [3.05, 3.63) is 48.0 Å². The Morgan fingerprint density at radius 2 is 2.05 bits per heavy atom. The monoisotopic (exact) mass is 258 g/mol. The van der Waals surface area contributed by atoms with Gasteiger partial charge in [0, 0.05) is 31.2 Å². The van der Waals surface area contributed by atoms with Crippen molar-refractivity contribution in [3.63, 3.8) is 0 Å². The maximum Gasteiger partial charge on any atom is 0.0265 e. The van der Waals surface area contributed by atoms with Crippen LogP contribution in [0.25, 0.3) is 0 Å². The van der Waals surface area contributed by atoms with E-state index < -0.39 is 0 Å². The van der Waals surface area contributed by atoms with Crippen LogP contribution in [0.15, 0.2) is 42.5 Å². The topological polar surface area (TPSA) is 15.3 Å². The molecule has 0 aromatic heterocycles. The van der Waals surface area contributed by atoms with Gasteiger partial charge in [0.2, 0.25) is 0 Å². The minimum absolute atomic E-state index is 0.217. The molecule has 1 aromatic rings. The van der Waals surface area contributed by atoms with Crippen LogP contribution in [0, 0.1) is 0 Å². The van der Waals surface area contributed by atoms with Crippen LogP contribution in [0.3, 0.4) is 0 Å². The molecule has 1 saturated heterocycles. The lowest BCUT2D eigenvalue weighted by Crippen LogP contribution is -2.62. The molecule has 19 heavy (non-hydrogen) atoms. The van der Waals surface area contributed by atoms with Crippen LogP contribution in [0.4, 0.5) is 0 Å². The summed E-state index contributed by atoms with van der Waals surface area (Å²) in [6.45, 7) is 9.90. The summed E-state index contributed by atoms with van der Waals surface area (Å²) >= 11 is 0. The molecule has 1 N–H and O–H groups in total. The predicted molar refractivity (Wildman–Crippen MR) is 82.4 cm³/mol. The zero-order chi connectivity index (χ0) is 13.7. The zero-order valence-electron chi connectivity index (χ0n) is 12.4. The number of piperazine rings is 1. The van der Waals surface area contributed by atoms with Gasteiger partial charge in [-0.05, 0) is 32.8 Å². The van der Waals surface area contributed by atoms with Crippen LogP contribution < -0.4 is 5.32 Å². The predicted octanol–water partition coefficient (Wildman–Crippen LogP) is 2.86. The summed E-state index contributed by atoms with van der Waals surface area (Å²) in [6, 6.07) is 11.4. The maximum absolute atomic E-state index is 3.67. The minimum Gasteiger partial charge on any atom is -0.309 e. The normalized spacial score (nSPS) is 23.8. The van der Waals surface area contributed by atoms with Crippen molar-refractivity contribution in [3.8, 4) is 0 Å². The molecule has 0 spiro atoms. The van der Waals surface area contributed by atoms with Gasteiger partial charge in [0.1, 0.15) is 0 Å². The van der Waals surface area contributed by atoms with Crippen LogP contribution in [0.2, 0.25) is 0 Å². The molecular formula is C17H26N2. The average molecular weight is 258 g/mol. The SMILES string of the molecule is C/C=C/CN1CC(C)(C)NCC1Cc1ccccc1. The highest BCUT2D eigenvalue weighted by atomic mass is 15.2. The van der Waals surface area contributed by atoms with Crippen molar-refractivity contribution in [2.45, 2.75) is 38.8 Å². The Hall–Kier alpha value is -1.12. The maximum atomic E-state index is 3.67. The van der Waals surface area contributed by atoms with Gasteiger partial charge < -0.3 is 5.32 Å². The Kier molecular flexibility index (Phi) is 4.78. The fourth-order valence-electron chi connectivity index (χ4n) is 2.76. The Morgan fingerprint density at radius 1 is 1.32 bits per heavy atom. The van der Waals surface area contributed by atoms with Gasteiger partial charge in [0.25, 0.3) is 0 Å². The molecule has 1 atom stereocenters. The van der Waals surface area contributed by atoms with Crippen LogP contribution in [0.1, 0.15) is 26.3 Å². The summed E-state index contributed by atoms with van der Waals surface area (Å²) in [7, 11) is 0. The summed E-state index contributed by atoms with van der Waals surface area (Å²) in [5.74, 6) is 0. The molecule has 0 saturated carbocycles. The third-order valence-electron chi connectivity index (χ3n) is 3.82. The second kappa shape index (κ2) is 6.36. The molecule has 1 aliphatic heterocycles. The molecule has 2 heteroatoms. The lowest BCUT2D eigenvalue weighted by atomic mass is 9.95. The van der Waals surface area contributed by atoms with Gasteiger partial charge in [-0.25, -0.2) is 0 Å². The van der Waals surface area contributed by atoms with Crippen molar-refractivity contribution < 1.29 is 0 Å². The summed E-state index contributed by atoms with van der Waals surface area (Å²) in [5.41, 5.74) is 1.65. The lowest BCUT2D eigenvalue weighted by Gasteiger charge is -2.44. The molecule has 1 fully saturated rings. The van der Waals surface area contributed by atoms with E-state index in [9.17, 15) is 0 Å². The van der Waals surface area contributed by atoms with Gasteiger partial charge in [0.05, 0.1) is 0 Å². The second-order valence-corrected chi connectivity index (χ2v) is 6.11. The van der Waals surface area contributed by atoms with E-state index in [2.05, 4.69) is 73.5 Å². The third-order valence-corrected chi connectivity index (χ3v) is 3.82. The van der Waals surface area contributed by atoms with Crippen molar-refractivity contribution in [2.24, 2.45) is 0 Å². The molecule has 1 unspecified atom stereocenters. The fourth-order valence-corrected chi connectivity index (χ4v) is 2.76. The molecular weight excluding hydrogens is 232 g/mol. The smallest absolute Gasteiger partial charge is 0.0265 e. The van der Waals surface area contributed by atoms with Crippen LogP contribution in [0.5, 0.6) is 0 Å². The molecule has 1 aliphatic rings. The summed E-state index contributed by atoms with van der Waals surface area (Å²) < 4.78 is 0. The summed E-state index contributed by atoms with van der Waals surface area (Å²) in [4.78, 5) is 2.60. The third kappa shape index (κ3) is 4.19. The molecule has 0 radical (unpaired) electrons. The van der Waals surface area contributed by atoms with Crippen LogP contribution in [-0.2, 0) is 6.42 Å². The molecule has 104 valence electrons. The molecule has 0 amide bonds. The first-order valence-electron chi connectivity index (χ1n) is 7.25. The Morgan fingerprint density at radius 3 is 2.74 bits per heavy atom. The molecule has 2 nitrogen and oxygen atoms in total. The molecule has 0 aliphatic carbocycles. The molecule has 0 bridgehead atoms. The van der Waals surface area contributed by atoms with Crippen molar-refractivity contribution in [2.75, 3.05) is 19.6 Å². The van der Waals surface area contributed by atoms with E-state index >= 15 is 0 Å². The van der Waals surface area contributed by atoms with Crippen molar-refractivity contribution in [1.82, 2.24) is 10.2 Å². The van der Waals surface area contributed by atoms with Gasteiger partial charge in [-0.15, -0.1) is 0 Å². The summed E-state index contributed by atoms with van der Waals surface area (Å²) in [6.07, 6.45) is 5.54. The number of hydrogen-bond donors (Lipinski definition) is 1. The first kappa shape index (κ1) is 14.3. The van der Waals surface area contributed by atoms with Gasteiger partial charge in [-0.3, -0.25) is 4.90 Å². The number of allylic oxidation sites excluding steroid dienone is 1. The van der Waals surface area contributed by atoms with E-state index in [1.54, 1.807) is 0 Å². The highest BCUT2D eigenvalue weighted by molar-refractivity contribution is 5.16. The number of nitrogens with one attached hydrogen (secondary N) is 1.